The molecule has 2 rings (SSSR count). The standard InChI is InChI=1S/C14H20FNO/c1-10-3-2-4-13(7-10)17-9-11-5-6-12(16)8-14(11)15/h5-6,8,10,13H,2-4,7,9,16H2,1H3. The lowest BCUT2D eigenvalue weighted by Crippen LogP contribution is -2.21. The van der Waals surface area contributed by atoms with Crippen LogP contribution >= 0.6 is 0 Å². The van der Waals surface area contributed by atoms with Gasteiger partial charge in [-0.1, -0.05) is 25.8 Å². The van der Waals surface area contributed by atoms with Crippen LogP contribution in [0.15, 0.2) is 18.2 Å². The molecule has 1 saturated carbocycles. The van der Waals surface area contributed by atoms with E-state index in [-0.39, 0.29) is 11.9 Å². The second-order valence-electron chi connectivity index (χ2n) is 5.06. The van der Waals surface area contributed by atoms with Crippen LogP contribution in [0.2, 0.25) is 0 Å². The molecule has 0 heterocycles. The summed E-state index contributed by atoms with van der Waals surface area (Å²) in [5, 5.41) is 0. The Morgan fingerprint density at radius 2 is 2.24 bits per heavy atom. The van der Waals surface area contributed by atoms with E-state index in [1.807, 2.05) is 0 Å². The zero-order chi connectivity index (χ0) is 12.3. The van der Waals surface area contributed by atoms with E-state index in [0.717, 1.165) is 18.8 Å². The van der Waals surface area contributed by atoms with Crippen molar-refractivity contribution < 1.29 is 9.13 Å². The molecular formula is C14H20FNO. The quantitative estimate of drug-likeness (QED) is 0.816. The van der Waals surface area contributed by atoms with Crippen LogP contribution in [0.5, 0.6) is 0 Å². The summed E-state index contributed by atoms with van der Waals surface area (Å²) < 4.78 is 19.3. The van der Waals surface area contributed by atoms with Crippen LogP contribution in [0, 0.1) is 11.7 Å². The van der Waals surface area contributed by atoms with Crippen LogP contribution in [0.4, 0.5) is 10.1 Å². The van der Waals surface area contributed by atoms with Gasteiger partial charge in [0.25, 0.3) is 0 Å². The lowest BCUT2D eigenvalue weighted by atomic mass is 9.89. The Balaban J connectivity index is 1.88. The van der Waals surface area contributed by atoms with Gasteiger partial charge in [-0.2, -0.15) is 0 Å². The second-order valence-corrected chi connectivity index (χ2v) is 5.06. The van der Waals surface area contributed by atoms with E-state index in [0.29, 0.717) is 17.9 Å². The van der Waals surface area contributed by atoms with E-state index in [2.05, 4.69) is 6.92 Å². The predicted molar refractivity (Wildman–Crippen MR) is 67.0 cm³/mol. The molecule has 17 heavy (non-hydrogen) atoms. The first-order valence-corrected chi connectivity index (χ1v) is 6.30. The van der Waals surface area contributed by atoms with Gasteiger partial charge >= 0.3 is 0 Å². The SMILES string of the molecule is CC1CCCC(OCc2ccc(N)cc2F)C1. The van der Waals surface area contributed by atoms with Gasteiger partial charge in [-0.05, 0) is 30.9 Å². The van der Waals surface area contributed by atoms with Crippen LogP contribution < -0.4 is 5.73 Å². The van der Waals surface area contributed by atoms with E-state index in [4.69, 9.17) is 10.5 Å². The maximum absolute atomic E-state index is 13.5. The zero-order valence-corrected chi connectivity index (χ0v) is 10.3. The first kappa shape index (κ1) is 12.4. The van der Waals surface area contributed by atoms with Gasteiger partial charge in [0.1, 0.15) is 5.82 Å². The summed E-state index contributed by atoms with van der Waals surface area (Å²) in [4.78, 5) is 0. The number of benzene rings is 1. The maximum atomic E-state index is 13.5. The van der Waals surface area contributed by atoms with Crippen LogP contribution in [-0.4, -0.2) is 6.10 Å². The number of anilines is 1. The van der Waals surface area contributed by atoms with Crippen LogP contribution in [0.1, 0.15) is 38.2 Å². The van der Waals surface area contributed by atoms with Crippen molar-refractivity contribution in [1.29, 1.82) is 0 Å². The highest BCUT2D eigenvalue weighted by Gasteiger charge is 2.19. The van der Waals surface area contributed by atoms with E-state index >= 15 is 0 Å². The van der Waals surface area contributed by atoms with E-state index in [9.17, 15) is 4.39 Å². The van der Waals surface area contributed by atoms with Crippen molar-refractivity contribution in [2.75, 3.05) is 5.73 Å². The first-order valence-electron chi connectivity index (χ1n) is 6.30. The van der Waals surface area contributed by atoms with Crippen molar-refractivity contribution in [2.24, 2.45) is 5.92 Å². The van der Waals surface area contributed by atoms with Gasteiger partial charge in [-0.25, -0.2) is 4.39 Å². The molecule has 1 aliphatic carbocycles. The van der Waals surface area contributed by atoms with E-state index in [1.165, 1.54) is 18.9 Å². The van der Waals surface area contributed by atoms with Gasteiger partial charge in [0.2, 0.25) is 0 Å². The van der Waals surface area contributed by atoms with Crippen LogP contribution in [0.25, 0.3) is 0 Å². The topological polar surface area (TPSA) is 35.2 Å². The third-order valence-electron chi connectivity index (χ3n) is 3.44. The molecule has 3 heteroatoms. The molecule has 1 fully saturated rings. The van der Waals surface area contributed by atoms with Crippen molar-refractivity contribution in [2.45, 2.75) is 45.3 Å². The molecule has 1 aromatic carbocycles. The largest absolute Gasteiger partial charge is 0.399 e. The number of nitrogens with two attached hydrogens (primary N) is 1. The van der Waals surface area contributed by atoms with Gasteiger partial charge in [0.15, 0.2) is 0 Å². The third-order valence-corrected chi connectivity index (χ3v) is 3.44. The van der Waals surface area contributed by atoms with Crippen LogP contribution in [0.3, 0.4) is 0 Å². The Kier molecular flexibility index (Phi) is 4.00. The Hall–Kier alpha value is -1.09. The minimum Gasteiger partial charge on any atom is -0.399 e. The average molecular weight is 237 g/mol. The van der Waals surface area contributed by atoms with Crippen molar-refractivity contribution in [3.05, 3.63) is 29.6 Å². The average Bonchev–Trinajstić information content (AvgIpc) is 2.28. The molecule has 0 spiro atoms. The Morgan fingerprint density at radius 3 is 2.94 bits per heavy atom. The van der Waals surface area contributed by atoms with Crippen molar-refractivity contribution in [3.8, 4) is 0 Å². The molecule has 0 bridgehead atoms. The monoisotopic (exact) mass is 237 g/mol. The summed E-state index contributed by atoms with van der Waals surface area (Å²) in [6.07, 6.45) is 4.99. The Labute approximate surface area is 102 Å². The fourth-order valence-corrected chi connectivity index (χ4v) is 2.42. The molecular weight excluding hydrogens is 217 g/mol. The molecule has 1 aliphatic rings. The fraction of sp³-hybridized carbons (Fsp3) is 0.571. The third kappa shape index (κ3) is 3.43. The predicted octanol–water partition coefficient (Wildman–Crippen LogP) is 3.50. The van der Waals surface area contributed by atoms with E-state index < -0.39 is 0 Å². The van der Waals surface area contributed by atoms with Gasteiger partial charge in [0.05, 0.1) is 12.7 Å². The van der Waals surface area contributed by atoms with Crippen molar-refractivity contribution >= 4 is 5.69 Å². The molecule has 2 atom stereocenters. The smallest absolute Gasteiger partial charge is 0.130 e. The molecule has 0 amide bonds. The summed E-state index contributed by atoms with van der Waals surface area (Å²) in [5.41, 5.74) is 6.55. The fourth-order valence-electron chi connectivity index (χ4n) is 2.42. The highest BCUT2D eigenvalue weighted by atomic mass is 19.1. The molecule has 0 saturated heterocycles. The molecule has 0 aromatic heterocycles. The van der Waals surface area contributed by atoms with Gasteiger partial charge < -0.3 is 10.5 Å². The van der Waals surface area contributed by atoms with Crippen molar-refractivity contribution in [1.82, 2.24) is 0 Å². The summed E-state index contributed by atoms with van der Waals surface area (Å²) in [6, 6.07) is 4.77. The lowest BCUT2D eigenvalue weighted by Gasteiger charge is -2.26. The summed E-state index contributed by atoms with van der Waals surface area (Å²) in [5.74, 6) is 0.457. The first-order chi connectivity index (χ1) is 8.15. The molecule has 2 unspecified atom stereocenters. The van der Waals surface area contributed by atoms with Gasteiger partial charge in [-0.3, -0.25) is 0 Å². The van der Waals surface area contributed by atoms with Gasteiger partial charge in [-0.15, -0.1) is 0 Å². The Bertz CT molecular complexity index is 380. The number of hydrogen-bond acceptors (Lipinski definition) is 2. The molecule has 2 nitrogen and oxygen atoms in total. The highest BCUT2D eigenvalue weighted by Crippen LogP contribution is 2.26. The number of halogens is 1. The lowest BCUT2D eigenvalue weighted by molar-refractivity contribution is 0.00354. The van der Waals surface area contributed by atoms with Crippen LogP contribution in [-0.2, 0) is 11.3 Å². The zero-order valence-electron chi connectivity index (χ0n) is 10.3. The van der Waals surface area contributed by atoms with Gasteiger partial charge in [0, 0.05) is 11.3 Å². The normalized spacial score (nSPS) is 24.8. The molecule has 0 aliphatic heterocycles. The highest BCUT2D eigenvalue weighted by molar-refractivity contribution is 5.40. The minimum atomic E-state index is -0.270. The summed E-state index contributed by atoms with van der Waals surface area (Å²) in [6.45, 7) is 2.60. The number of nitrogen functional groups attached to an aromatic ring is 1. The molecule has 1 aromatic rings. The Morgan fingerprint density at radius 1 is 1.41 bits per heavy atom. The summed E-state index contributed by atoms with van der Waals surface area (Å²) >= 11 is 0. The molecule has 0 radical (unpaired) electrons. The molecule has 2 N–H and O–H groups in total. The maximum Gasteiger partial charge on any atom is 0.130 e. The number of rotatable bonds is 3. The number of ether oxygens (including phenoxy) is 1. The minimum absolute atomic E-state index is 0.270. The second kappa shape index (κ2) is 5.50. The summed E-state index contributed by atoms with van der Waals surface area (Å²) in [7, 11) is 0. The van der Waals surface area contributed by atoms with E-state index in [1.54, 1.807) is 12.1 Å². The molecule has 94 valence electrons. The number of hydrogen-bond donors (Lipinski definition) is 1. The van der Waals surface area contributed by atoms with Crippen molar-refractivity contribution in [3.63, 3.8) is 0 Å².